The lowest BCUT2D eigenvalue weighted by Gasteiger charge is -2.10. The molecule has 0 spiro atoms. The fraction of sp³-hybridized carbons (Fsp3) is 0.909. The molecule has 0 aromatic heterocycles. The molecule has 1 unspecified atom stereocenters. The van der Waals surface area contributed by atoms with Crippen molar-refractivity contribution in [1.29, 1.82) is 0 Å². The van der Waals surface area contributed by atoms with E-state index in [1.807, 2.05) is 13.8 Å². The van der Waals surface area contributed by atoms with E-state index in [2.05, 4.69) is 0 Å². The van der Waals surface area contributed by atoms with Crippen molar-refractivity contribution in [3.05, 3.63) is 0 Å². The fourth-order valence-electron chi connectivity index (χ4n) is 1.36. The molecule has 0 aromatic rings. The smallest absolute Gasteiger partial charge is 0.308 e. The molecule has 88 valence electrons. The van der Waals surface area contributed by atoms with Gasteiger partial charge in [-0.15, -0.1) is 0 Å². The molecule has 1 fully saturated rings. The van der Waals surface area contributed by atoms with Crippen LogP contribution in [0.3, 0.4) is 0 Å². The normalized spacial score (nSPS) is 20.9. The number of carbonyl (C=O) groups is 1. The Morgan fingerprint density at radius 3 is 2.87 bits per heavy atom. The van der Waals surface area contributed by atoms with Crippen LogP contribution in [0, 0.1) is 5.92 Å². The summed E-state index contributed by atoms with van der Waals surface area (Å²) in [6.07, 6.45) is 2.44. The highest BCUT2D eigenvalue weighted by molar-refractivity contribution is 5.71. The minimum absolute atomic E-state index is 0.0665. The molecule has 0 saturated carbocycles. The molecule has 0 bridgehead atoms. The molecule has 15 heavy (non-hydrogen) atoms. The summed E-state index contributed by atoms with van der Waals surface area (Å²) in [5, 5.41) is 0. The van der Waals surface area contributed by atoms with Gasteiger partial charge in [-0.3, -0.25) is 4.79 Å². The highest BCUT2D eigenvalue weighted by Crippen LogP contribution is 2.11. The summed E-state index contributed by atoms with van der Waals surface area (Å²) in [5.41, 5.74) is 0. The van der Waals surface area contributed by atoms with Crippen LogP contribution in [0.2, 0.25) is 0 Å². The average molecular weight is 216 g/mol. The zero-order valence-corrected chi connectivity index (χ0v) is 9.53. The lowest BCUT2D eigenvalue weighted by molar-refractivity contribution is -0.149. The molecule has 1 saturated heterocycles. The molecule has 1 atom stereocenters. The first-order chi connectivity index (χ1) is 7.20. The molecule has 4 nitrogen and oxygen atoms in total. The highest BCUT2D eigenvalue weighted by Gasteiger charge is 2.15. The van der Waals surface area contributed by atoms with Crippen LogP contribution < -0.4 is 0 Å². The predicted octanol–water partition coefficient (Wildman–Crippen LogP) is 1.38. The molecule has 0 aliphatic carbocycles. The molecule has 4 heteroatoms. The second-order valence-electron chi connectivity index (χ2n) is 4.03. The van der Waals surface area contributed by atoms with Crippen LogP contribution in [0.1, 0.15) is 26.7 Å². The number of hydrogen-bond acceptors (Lipinski definition) is 4. The molecule has 0 radical (unpaired) electrons. The van der Waals surface area contributed by atoms with Crippen LogP contribution in [0.4, 0.5) is 0 Å². The second-order valence-corrected chi connectivity index (χ2v) is 4.03. The zero-order chi connectivity index (χ0) is 11.1. The number of esters is 1. The summed E-state index contributed by atoms with van der Waals surface area (Å²) in [6, 6.07) is 0. The molecule has 1 aliphatic heterocycles. The van der Waals surface area contributed by atoms with E-state index >= 15 is 0 Å². The van der Waals surface area contributed by atoms with Crippen LogP contribution in [-0.4, -0.2) is 38.5 Å². The molecule has 0 amide bonds. The lowest BCUT2D eigenvalue weighted by atomic mass is 10.2. The summed E-state index contributed by atoms with van der Waals surface area (Å²) >= 11 is 0. The Balaban J connectivity index is 1.90. The minimum Gasteiger partial charge on any atom is -0.463 e. The van der Waals surface area contributed by atoms with Crippen LogP contribution in [0.5, 0.6) is 0 Å². The number of ether oxygens (including phenoxy) is 3. The molecular formula is C11H20O4. The summed E-state index contributed by atoms with van der Waals surface area (Å²) in [4.78, 5) is 11.1. The summed E-state index contributed by atoms with van der Waals surface area (Å²) in [7, 11) is 0. The maximum Gasteiger partial charge on any atom is 0.308 e. The maximum atomic E-state index is 11.1. The molecule has 1 rings (SSSR count). The van der Waals surface area contributed by atoms with Crippen molar-refractivity contribution in [2.75, 3.05) is 26.4 Å². The first-order valence-electron chi connectivity index (χ1n) is 5.56. The van der Waals surface area contributed by atoms with E-state index in [1.54, 1.807) is 0 Å². The van der Waals surface area contributed by atoms with Crippen molar-refractivity contribution in [3.8, 4) is 0 Å². The van der Waals surface area contributed by atoms with Gasteiger partial charge in [-0.05, 0) is 12.8 Å². The minimum atomic E-state index is -0.171. The van der Waals surface area contributed by atoms with Crippen molar-refractivity contribution in [1.82, 2.24) is 0 Å². The highest BCUT2D eigenvalue weighted by atomic mass is 16.6. The van der Waals surface area contributed by atoms with Gasteiger partial charge in [0.15, 0.2) is 0 Å². The summed E-state index contributed by atoms with van der Waals surface area (Å²) < 4.78 is 15.7. The quantitative estimate of drug-likeness (QED) is 0.497. The third-order valence-corrected chi connectivity index (χ3v) is 2.27. The van der Waals surface area contributed by atoms with Crippen LogP contribution in [0.25, 0.3) is 0 Å². The lowest BCUT2D eigenvalue weighted by Crippen LogP contribution is -2.19. The topological polar surface area (TPSA) is 44.8 Å². The van der Waals surface area contributed by atoms with Crippen molar-refractivity contribution >= 4 is 5.97 Å². The monoisotopic (exact) mass is 216 g/mol. The standard InChI is InChI=1S/C11H20O4/c1-9(2)11(12)15-7-6-13-8-10-4-3-5-14-10/h9-10H,3-8H2,1-2H3. The molecule has 1 heterocycles. The van der Waals surface area contributed by atoms with E-state index in [9.17, 15) is 4.79 Å². The average Bonchev–Trinajstić information content (AvgIpc) is 2.69. The molecule has 0 aromatic carbocycles. The van der Waals surface area contributed by atoms with Crippen LogP contribution in [-0.2, 0) is 19.0 Å². The van der Waals surface area contributed by atoms with Gasteiger partial charge in [0.05, 0.1) is 25.2 Å². The molecule has 1 aliphatic rings. The van der Waals surface area contributed by atoms with Gasteiger partial charge in [-0.25, -0.2) is 0 Å². The van der Waals surface area contributed by atoms with Gasteiger partial charge in [-0.1, -0.05) is 13.8 Å². The van der Waals surface area contributed by atoms with Crippen molar-refractivity contribution < 1.29 is 19.0 Å². The summed E-state index contributed by atoms with van der Waals surface area (Å²) in [6.45, 7) is 5.88. The third kappa shape index (κ3) is 5.14. The van der Waals surface area contributed by atoms with E-state index in [0.29, 0.717) is 19.8 Å². The van der Waals surface area contributed by atoms with E-state index in [0.717, 1.165) is 19.4 Å². The SMILES string of the molecule is CC(C)C(=O)OCCOCC1CCCO1. The Bertz CT molecular complexity index is 185. The van der Waals surface area contributed by atoms with Gasteiger partial charge in [0.25, 0.3) is 0 Å². The van der Waals surface area contributed by atoms with Gasteiger partial charge in [0, 0.05) is 6.61 Å². The van der Waals surface area contributed by atoms with Gasteiger partial charge in [0.1, 0.15) is 6.61 Å². The fourth-order valence-corrected chi connectivity index (χ4v) is 1.36. The van der Waals surface area contributed by atoms with E-state index in [1.165, 1.54) is 0 Å². The van der Waals surface area contributed by atoms with E-state index in [-0.39, 0.29) is 18.0 Å². The predicted molar refractivity (Wildman–Crippen MR) is 55.6 cm³/mol. The second kappa shape index (κ2) is 6.80. The molecule has 0 N–H and O–H groups in total. The Labute approximate surface area is 90.9 Å². The molecular weight excluding hydrogens is 196 g/mol. The largest absolute Gasteiger partial charge is 0.463 e. The van der Waals surface area contributed by atoms with E-state index < -0.39 is 0 Å². The van der Waals surface area contributed by atoms with Crippen molar-refractivity contribution in [2.24, 2.45) is 5.92 Å². The Hall–Kier alpha value is -0.610. The van der Waals surface area contributed by atoms with Crippen molar-refractivity contribution in [3.63, 3.8) is 0 Å². The van der Waals surface area contributed by atoms with Gasteiger partial charge >= 0.3 is 5.97 Å². The van der Waals surface area contributed by atoms with Gasteiger partial charge in [0.2, 0.25) is 0 Å². The Kier molecular flexibility index (Phi) is 5.65. The van der Waals surface area contributed by atoms with Crippen molar-refractivity contribution in [2.45, 2.75) is 32.8 Å². The van der Waals surface area contributed by atoms with Crippen LogP contribution >= 0.6 is 0 Å². The number of rotatable bonds is 6. The maximum absolute atomic E-state index is 11.1. The Morgan fingerprint density at radius 1 is 1.47 bits per heavy atom. The third-order valence-electron chi connectivity index (χ3n) is 2.27. The van der Waals surface area contributed by atoms with Crippen LogP contribution in [0.15, 0.2) is 0 Å². The number of carbonyl (C=O) groups excluding carboxylic acids is 1. The first kappa shape index (κ1) is 12.5. The van der Waals surface area contributed by atoms with Gasteiger partial charge in [-0.2, -0.15) is 0 Å². The number of hydrogen-bond donors (Lipinski definition) is 0. The Morgan fingerprint density at radius 2 is 2.27 bits per heavy atom. The zero-order valence-electron chi connectivity index (χ0n) is 9.53. The van der Waals surface area contributed by atoms with Gasteiger partial charge < -0.3 is 14.2 Å². The first-order valence-corrected chi connectivity index (χ1v) is 5.56. The van der Waals surface area contributed by atoms with E-state index in [4.69, 9.17) is 14.2 Å². The summed E-state index contributed by atoms with van der Waals surface area (Å²) in [5.74, 6) is -0.237.